The van der Waals surface area contributed by atoms with Gasteiger partial charge in [0.25, 0.3) is 0 Å². The minimum Gasteiger partial charge on any atom is -0.409 e. The van der Waals surface area contributed by atoms with Crippen LogP contribution >= 0.6 is 23.1 Å². The first-order valence-electron chi connectivity index (χ1n) is 4.30. The van der Waals surface area contributed by atoms with Crippen molar-refractivity contribution in [2.45, 2.75) is 10.8 Å². The van der Waals surface area contributed by atoms with Crippen LogP contribution < -0.4 is 5.73 Å². The van der Waals surface area contributed by atoms with Crippen LogP contribution in [0.1, 0.15) is 11.3 Å². The van der Waals surface area contributed by atoms with Crippen molar-refractivity contribution >= 4 is 28.9 Å². The first-order valence-corrected chi connectivity index (χ1v) is 6.11. The molecule has 0 spiro atoms. The van der Waals surface area contributed by atoms with Gasteiger partial charge in [-0.15, -0.1) is 11.3 Å². The van der Waals surface area contributed by atoms with Crippen LogP contribution in [0.4, 0.5) is 13.2 Å². The van der Waals surface area contributed by atoms with Gasteiger partial charge in [-0.25, -0.2) is 9.37 Å². The number of nitrogens with zero attached hydrogens (tertiary/aromatic N) is 2. The van der Waals surface area contributed by atoms with Crippen LogP contribution in [0.5, 0.6) is 0 Å². The minimum absolute atomic E-state index is 0.0739. The average molecular weight is 283 g/mol. The molecule has 0 atom stereocenters. The number of thiazole rings is 1. The fraction of sp³-hybridized carbons (Fsp3) is 0.250. The van der Waals surface area contributed by atoms with Crippen molar-refractivity contribution in [3.8, 4) is 0 Å². The summed E-state index contributed by atoms with van der Waals surface area (Å²) in [6.45, 7) is 0. The lowest BCUT2D eigenvalue weighted by Gasteiger charge is -1.95. The Hall–Kier alpha value is -1.22. The van der Waals surface area contributed by atoms with Crippen LogP contribution in [0, 0.1) is 0 Å². The van der Waals surface area contributed by atoms with E-state index in [2.05, 4.69) is 10.1 Å². The molecule has 0 aliphatic carbocycles. The van der Waals surface area contributed by atoms with E-state index in [0.717, 1.165) is 23.1 Å². The monoisotopic (exact) mass is 283 g/mol. The third-order valence-corrected chi connectivity index (χ3v) is 3.78. The van der Waals surface area contributed by atoms with Gasteiger partial charge in [0.1, 0.15) is 0 Å². The lowest BCUT2D eigenvalue weighted by Crippen LogP contribution is -2.10. The van der Waals surface area contributed by atoms with E-state index < -0.39 is 11.9 Å². The van der Waals surface area contributed by atoms with Crippen LogP contribution in [0.2, 0.25) is 0 Å². The summed E-state index contributed by atoms with van der Waals surface area (Å²) in [5, 5.41) is 11.2. The van der Waals surface area contributed by atoms with Gasteiger partial charge in [0.05, 0.1) is 11.1 Å². The van der Waals surface area contributed by atoms with Gasteiger partial charge < -0.3 is 10.9 Å². The molecule has 0 saturated heterocycles. The van der Waals surface area contributed by atoms with Crippen molar-refractivity contribution in [3.05, 3.63) is 23.0 Å². The maximum atomic E-state index is 12.4. The van der Waals surface area contributed by atoms with E-state index in [1.165, 1.54) is 6.20 Å². The third kappa shape index (κ3) is 4.27. The molecule has 1 heterocycles. The van der Waals surface area contributed by atoms with E-state index in [-0.39, 0.29) is 18.0 Å². The van der Waals surface area contributed by atoms with Crippen molar-refractivity contribution in [2.75, 3.05) is 5.75 Å². The van der Waals surface area contributed by atoms with E-state index >= 15 is 0 Å². The van der Waals surface area contributed by atoms with Crippen molar-refractivity contribution in [3.63, 3.8) is 0 Å². The minimum atomic E-state index is -2.29. The van der Waals surface area contributed by atoms with Gasteiger partial charge in [0, 0.05) is 12.2 Å². The molecule has 9 heteroatoms. The highest BCUT2D eigenvalue weighted by molar-refractivity contribution is 8.01. The Balaban J connectivity index is 2.49. The second-order valence-electron chi connectivity index (χ2n) is 2.74. The number of halogens is 3. The quantitative estimate of drug-likeness (QED) is 0.286. The molecular weight excluding hydrogens is 275 g/mol. The van der Waals surface area contributed by atoms with Crippen molar-refractivity contribution in [1.82, 2.24) is 4.98 Å². The predicted octanol–water partition coefficient (Wildman–Crippen LogP) is 2.80. The largest absolute Gasteiger partial charge is 0.409 e. The fourth-order valence-corrected chi connectivity index (χ4v) is 2.70. The molecular formula is C8H8F3N3OS2. The molecule has 94 valence electrons. The van der Waals surface area contributed by atoms with E-state index in [1.54, 1.807) is 0 Å². The summed E-state index contributed by atoms with van der Waals surface area (Å²) in [5.74, 6) is -1.34. The van der Waals surface area contributed by atoms with E-state index in [9.17, 15) is 13.2 Å². The zero-order chi connectivity index (χ0) is 12.8. The van der Waals surface area contributed by atoms with Gasteiger partial charge in [0.15, 0.2) is 16.0 Å². The summed E-state index contributed by atoms with van der Waals surface area (Å²) in [7, 11) is 0. The molecule has 0 bridgehead atoms. The first-order chi connectivity index (χ1) is 8.04. The van der Waals surface area contributed by atoms with E-state index in [0.29, 0.717) is 9.22 Å². The standard InChI is InChI=1S/C8H8F3N3OS2/c9-4(6(10)11)1-2-16-8-13-3-5(17-8)7(12)14-15/h3,15H,1-2H2,(H2,12,14). The van der Waals surface area contributed by atoms with Gasteiger partial charge in [-0.3, -0.25) is 0 Å². The van der Waals surface area contributed by atoms with E-state index in [1.807, 2.05) is 0 Å². The molecule has 0 amide bonds. The van der Waals surface area contributed by atoms with Gasteiger partial charge in [-0.1, -0.05) is 16.9 Å². The van der Waals surface area contributed by atoms with E-state index in [4.69, 9.17) is 10.9 Å². The second kappa shape index (κ2) is 6.50. The number of oxime groups is 1. The Morgan fingerprint density at radius 3 is 2.82 bits per heavy atom. The molecule has 0 radical (unpaired) electrons. The summed E-state index contributed by atoms with van der Waals surface area (Å²) >= 11 is 2.26. The number of hydrogen-bond acceptors (Lipinski definition) is 5. The molecule has 0 fully saturated rings. The maximum Gasteiger partial charge on any atom is 0.301 e. The SMILES string of the molecule is N/C(=N\O)c1cnc(SCCC(F)=C(F)F)s1. The molecule has 0 saturated carbocycles. The highest BCUT2D eigenvalue weighted by Gasteiger charge is 2.08. The van der Waals surface area contributed by atoms with Crippen LogP contribution in [0.3, 0.4) is 0 Å². The topological polar surface area (TPSA) is 71.5 Å². The number of hydrogen-bond donors (Lipinski definition) is 2. The van der Waals surface area contributed by atoms with Crippen LogP contribution in [-0.2, 0) is 0 Å². The summed E-state index contributed by atoms with van der Waals surface area (Å²) in [5.41, 5.74) is 5.32. The summed E-state index contributed by atoms with van der Waals surface area (Å²) in [6.07, 6.45) is -1.25. The zero-order valence-corrected chi connectivity index (χ0v) is 9.99. The second-order valence-corrected chi connectivity index (χ2v) is 5.11. The number of nitrogens with two attached hydrogens (primary N) is 1. The molecule has 17 heavy (non-hydrogen) atoms. The Bertz CT molecular complexity index is 443. The van der Waals surface area contributed by atoms with Crippen molar-refractivity contribution < 1.29 is 18.4 Å². The molecule has 1 rings (SSSR count). The van der Waals surface area contributed by atoms with Crippen molar-refractivity contribution in [2.24, 2.45) is 10.9 Å². The van der Waals surface area contributed by atoms with Gasteiger partial charge in [-0.05, 0) is 0 Å². The lowest BCUT2D eigenvalue weighted by atomic mass is 10.4. The Morgan fingerprint density at radius 1 is 1.53 bits per heavy atom. The fourth-order valence-electron chi connectivity index (χ4n) is 0.815. The Morgan fingerprint density at radius 2 is 2.24 bits per heavy atom. The summed E-state index contributed by atoms with van der Waals surface area (Å²) in [6, 6.07) is 0. The lowest BCUT2D eigenvalue weighted by molar-refractivity contribution is 0.319. The van der Waals surface area contributed by atoms with Crippen LogP contribution in [0.25, 0.3) is 0 Å². The normalized spacial score (nSPS) is 11.6. The van der Waals surface area contributed by atoms with Gasteiger partial charge >= 0.3 is 6.08 Å². The Labute approximate surface area is 103 Å². The van der Waals surface area contributed by atoms with Gasteiger partial charge in [-0.2, -0.15) is 8.78 Å². The predicted molar refractivity (Wildman–Crippen MR) is 60.3 cm³/mol. The smallest absolute Gasteiger partial charge is 0.301 e. The number of amidine groups is 1. The maximum absolute atomic E-state index is 12.4. The van der Waals surface area contributed by atoms with Gasteiger partial charge in [0.2, 0.25) is 0 Å². The zero-order valence-electron chi connectivity index (χ0n) is 8.36. The summed E-state index contributed by atoms with van der Waals surface area (Å²) in [4.78, 5) is 4.37. The third-order valence-electron chi connectivity index (χ3n) is 1.60. The number of allylic oxidation sites excluding steroid dienone is 1. The molecule has 0 unspecified atom stereocenters. The average Bonchev–Trinajstić information content (AvgIpc) is 2.76. The molecule has 0 aliphatic rings. The Kier molecular flexibility index (Phi) is 5.29. The first kappa shape index (κ1) is 13.8. The molecule has 3 N–H and O–H groups in total. The number of rotatable bonds is 5. The number of aromatic nitrogens is 1. The highest BCUT2D eigenvalue weighted by atomic mass is 32.2. The van der Waals surface area contributed by atoms with Crippen LogP contribution in [0.15, 0.2) is 27.6 Å². The summed E-state index contributed by atoms with van der Waals surface area (Å²) < 4.78 is 36.4. The molecule has 1 aromatic rings. The number of thioether (sulfide) groups is 1. The molecule has 0 aromatic carbocycles. The molecule has 1 aromatic heterocycles. The molecule has 4 nitrogen and oxygen atoms in total. The highest BCUT2D eigenvalue weighted by Crippen LogP contribution is 2.26. The van der Waals surface area contributed by atoms with Crippen molar-refractivity contribution in [1.29, 1.82) is 0 Å². The van der Waals surface area contributed by atoms with Crippen LogP contribution in [-0.4, -0.2) is 21.8 Å². The molecule has 0 aliphatic heterocycles.